The van der Waals surface area contributed by atoms with E-state index in [1.165, 1.54) is 4.90 Å². The molecule has 2 atom stereocenters. The van der Waals surface area contributed by atoms with Crippen molar-refractivity contribution in [1.82, 2.24) is 20.0 Å². The monoisotopic (exact) mass is 530 g/mol. The second kappa shape index (κ2) is 10.9. The van der Waals surface area contributed by atoms with Gasteiger partial charge in [0.25, 0.3) is 5.91 Å². The first-order valence-electron chi connectivity index (χ1n) is 13.4. The highest BCUT2D eigenvalue weighted by Gasteiger charge is 2.47. The fourth-order valence-electron chi connectivity index (χ4n) is 5.67. The van der Waals surface area contributed by atoms with Crippen LogP contribution < -0.4 is 5.32 Å². The molecule has 2 aromatic carbocycles. The van der Waals surface area contributed by atoms with Crippen LogP contribution in [-0.2, 0) is 19.1 Å². The van der Waals surface area contributed by atoms with Crippen molar-refractivity contribution >= 4 is 23.8 Å². The van der Waals surface area contributed by atoms with Gasteiger partial charge in [0.1, 0.15) is 6.04 Å². The quantitative estimate of drug-likeness (QED) is 0.578. The summed E-state index contributed by atoms with van der Waals surface area (Å²) < 4.78 is 5.18. The third-order valence-electron chi connectivity index (χ3n) is 7.89. The maximum Gasteiger partial charge on any atom is 0.322 e. The van der Waals surface area contributed by atoms with Crippen LogP contribution in [0.3, 0.4) is 0 Å². The Labute approximate surface area is 228 Å². The second-order valence-electron chi connectivity index (χ2n) is 10.3. The molecule has 9 heteroatoms. The Bertz CT molecular complexity index is 1300. The molecule has 3 aliphatic heterocycles. The Hall–Kier alpha value is -4.14. The Morgan fingerprint density at radius 1 is 1.03 bits per heavy atom. The molecule has 4 amide bonds. The van der Waals surface area contributed by atoms with E-state index in [-0.39, 0.29) is 36.3 Å². The van der Waals surface area contributed by atoms with Crippen LogP contribution in [0.15, 0.2) is 65.9 Å². The lowest BCUT2D eigenvalue weighted by Gasteiger charge is -2.36. The van der Waals surface area contributed by atoms with E-state index in [0.29, 0.717) is 49.4 Å². The highest BCUT2D eigenvalue weighted by molar-refractivity contribution is 6.03. The summed E-state index contributed by atoms with van der Waals surface area (Å²) >= 11 is 0. The summed E-state index contributed by atoms with van der Waals surface area (Å²) in [6.07, 6.45) is 1.04. The maximum absolute atomic E-state index is 14.1. The minimum Gasteiger partial charge on any atom is -0.466 e. The van der Waals surface area contributed by atoms with Gasteiger partial charge in [0, 0.05) is 20.1 Å². The lowest BCUT2D eigenvalue weighted by molar-refractivity contribution is -0.152. The number of carbonyl (C=O) groups is 4. The molecule has 3 aliphatic rings. The lowest BCUT2D eigenvalue weighted by atomic mass is 9.94. The minimum absolute atomic E-state index is 0.144. The first-order valence-corrected chi connectivity index (χ1v) is 13.4. The molecule has 1 fully saturated rings. The summed E-state index contributed by atoms with van der Waals surface area (Å²) in [6.45, 7) is 5.06. The largest absolute Gasteiger partial charge is 0.466 e. The van der Waals surface area contributed by atoms with Gasteiger partial charge in [-0.3, -0.25) is 19.3 Å². The van der Waals surface area contributed by atoms with Crippen molar-refractivity contribution < 1.29 is 23.9 Å². The molecular formula is C30H34N4O5. The van der Waals surface area contributed by atoms with Gasteiger partial charge in [0.05, 0.1) is 36.4 Å². The molecule has 204 valence electrons. The number of nitrogens with zero attached hydrogens (tertiary/aromatic N) is 3. The van der Waals surface area contributed by atoms with Gasteiger partial charge >= 0.3 is 12.0 Å². The zero-order valence-corrected chi connectivity index (χ0v) is 22.6. The van der Waals surface area contributed by atoms with Crippen molar-refractivity contribution in [3.63, 3.8) is 0 Å². The number of piperidine rings is 1. The molecule has 1 N–H and O–H groups in total. The third kappa shape index (κ3) is 5.01. The van der Waals surface area contributed by atoms with E-state index in [1.807, 2.05) is 61.5 Å². The number of likely N-dealkylation sites (tertiary alicyclic amines) is 1. The van der Waals surface area contributed by atoms with E-state index in [2.05, 4.69) is 5.32 Å². The molecule has 0 aromatic heterocycles. The summed E-state index contributed by atoms with van der Waals surface area (Å²) in [4.78, 5) is 58.1. The summed E-state index contributed by atoms with van der Waals surface area (Å²) in [7, 11) is 1.65. The smallest absolute Gasteiger partial charge is 0.322 e. The van der Waals surface area contributed by atoms with E-state index >= 15 is 0 Å². The highest BCUT2D eigenvalue weighted by atomic mass is 16.5. The van der Waals surface area contributed by atoms with E-state index in [0.717, 1.165) is 11.1 Å². The first kappa shape index (κ1) is 26.5. The predicted octanol–water partition coefficient (Wildman–Crippen LogP) is 3.33. The molecule has 3 heterocycles. The predicted molar refractivity (Wildman–Crippen MR) is 144 cm³/mol. The average molecular weight is 531 g/mol. The normalized spacial score (nSPS) is 20.6. The third-order valence-corrected chi connectivity index (χ3v) is 7.89. The van der Waals surface area contributed by atoms with Gasteiger partial charge in [0.2, 0.25) is 5.91 Å². The molecule has 2 aromatic rings. The van der Waals surface area contributed by atoms with Gasteiger partial charge in [-0.15, -0.1) is 0 Å². The van der Waals surface area contributed by atoms with Crippen LogP contribution in [0, 0.1) is 12.8 Å². The lowest BCUT2D eigenvalue weighted by Crippen LogP contribution is -2.48. The Morgan fingerprint density at radius 2 is 1.69 bits per heavy atom. The van der Waals surface area contributed by atoms with E-state index in [4.69, 9.17) is 4.74 Å². The molecule has 0 spiro atoms. The van der Waals surface area contributed by atoms with Crippen LogP contribution in [0.2, 0.25) is 0 Å². The SMILES string of the molecule is CCOC(=O)C1CCN(C(=O)C(c2ccccc2)N2CC3=C(C2=O)C(c2ccc(C)cc2)NC(=O)N3C)CC1. The number of nitrogens with one attached hydrogen (secondary N) is 1. The van der Waals surface area contributed by atoms with Gasteiger partial charge in [-0.1, -0.05) is 60.2 Å². The Kier molecular flexibility index (Phi) is 7.41. The molecule has 2 unspecified atom stereocenters. The molecule has 0 radical (unpaired) electrons. The van der Waals surface area contributed by atoms with Crippen LogP contribution in [0.4, 0.5) is 4.79 Å². The molecule has 1 saturated heterocycles. The van der Waals surface area contributed by atoms with Gasteiger partial charge in [-0.2, -0.15) is 0 Å². The summed E-state index contributed by atoms with van der Waals surface area (Å²) in [6, 6.07) is 15.3. The van der Waals surface area contributed by atoms with Gasteiger partial charge in [-0.05, 0) is 37.8 Å². The molecule has 0 bridgehead atoms. The van der Waals surface area contributed by atoms with Crippen LogP contribution >= 0.6 is 0 Å². The van der Waals surface area contributed by atoms with E-state index < -0.39 is 12.1 Å². The molecule has 0 aliphatic carbocycles. The number of hydrogen-bond acceptors (Lipinski definition) is 5. The van der Waals surface area contributed by atoms with E-state index in [9.17, 15) is 19.2 Å². The minimum atomic E-state index is -0.856. The first-order chi connectivity index (χ1) is 18.8. The molecule has 5 rings (SSSR count). The number of carbonyl (C=O) groups excluding carboxylic acids is 4. The van der Waals surface area contributed by atoms with Crippen molar-refractivity contribution in [2.75, 3.05) is 33.3 Å². The standard InChI is InChI=1S/C30H34N4O5/c1-4-39-29(37)22-14-16-33(17-15-22)28(36)26(21-8-6-5-7-9-21)34-18-23-24(27(34)35)25(31-30(38)32(23)3)20-12-10-19(2)11-13-20/h5-13,22,25-26H,4,14-18H2,1-3H3,(H,31,38). The Balaban J connectivity index is 1.44. The van der Waals surface area contributed by atoms with E-state index in [1.54, 1.807) is 23.8 Å². The number of likely N-dealkylation sites (N-methyl/N-ethyl adjacent to an activating group) is 1. The van der Waals surface area contributed by atoms with Crippen LogP contribution in [-0.4, -0.2) is 71.8 Å². The number of urea groups is 1. The Morgan fingerprint density at radius 3 is 2.33 bits per heavy atom. The number of amides is 4. The number of hydrogen-bond donors (Lipinski definition) is 1. The number of benzene rings is 2. The second-order valence-corrected chi connectivity index (χ2v) is 10.3. The van der Waals surface area contributed by atoms with Gasteiger partial charge in [0.15, 0.2) is 0 Å². The fraction of sp³-hybridized carbons (Fsp3) is 0.400. The fourth-order valence-corrected chi connectivity index (χ4v) is 5.67. The average Bonchev–Trinajstić information content (AvgIpc) is 3.29. The summed E-state index contributed by atoms with van der Waals surface area (Å²) in [5.74, 6) is -0.915. The molecule has 39 heavy (non-hydrogen) atoms. The van der Waals surface area contributed by atoms with Crippen molar-refractivity contribution in [3.8, 4) is 0 Å². The zero-order chi connectivity index (χ0) is 27.7. The summed E-state index contributed by atoms with van der Waals surface area (Å²) in [5, 5.41) is 2.96. The van der Waals surface area contributed by atoms with Crippen LogP contribution in [0.25, 0.3) is 0 Å². The number of aryl methyl sites for hydroxylation is 1. The maximum atomic E-state index is 14.1. The van der Waals surface area contributed by atoms with Crippen molar-refractivity contribution in [2.45, 2.75) is 38.8 Å². The molecular weight excluding hydrogens is 496 g/mol. The van der Waals surface area contributed by atoms with Crippen LogP contribution in [0.1, 0.15) is 48.5 Å². The number of esters is 1. The number of rotatable bonds is 6. The molecule has 9 nitrogen and oxygen atoms in total. The topological polar surface area (TPSA) is 99.3 Å². The summed E-state index contributed by atoms with van der Waals surface area (Å²) in [5.41, 5.74) is 3.68. The zero-order valence-electron chi connectivity index (χ0n) is 22.6. The van der Waals surface area contributed by atoms with Crippen molar-refractivity contribution in [3.05, 3.63) is 82.6 Å². The van der Waals surface area contributed by atoms with Gasteiger partial charge in [-0.25, -0.2) is 4.79 Å². The van der Waals surface area contributed by atoms with Crippen molar-refractivity contribution in [2.24, 2.45) is 5.92 Å². The molecule has 0 saturated carbocycles. The van der Waals surface area contributed by atoms with Crippen LogP contribution in [0.5, 0.6) is 0 Å². The number of ether oxygens (including phenoxy) is 1. The van der Waals surface area contributed by atoms with Crippen molar-refractivity contribution in [1.29, 1.82) is 0 Å². The highest BCUT2D eigenvalue weighted by Crippen LogP contribution is 2.40. The van der Waals surface area contributed by atoms with Gasteiger partial charge < -0.3 is 19.9 Å².